The molecule has 1 unspecified atom stereocenters. The molecule has 3 rings (SSSR count). The summed E-state index contributed by atoms with van der Waals surface area (Å²) in [4.78, 5) is 24.9. The molecule has 1 atom stereocenters. The predicted octanol–water partition coefficient (Wildman–Crippen LogP) is 3.54. The van der Waals surface area contributed by atoms with Crippen molar-refractivity contribution in [3.8, 4) is 5.75 Å². The Morgan fingerprint density at radius 2 is 1.92 bits per heavy atom. The Balaban J connectivity index is 2.04. The lowest BCUT2D eigenvalue weighted by Crippen LogP contribution is -2.27. The Bertz CT molecular complexity index is 861. The zero-order valence-corrected chi connectivity index (χ0v) is 15.1. The number of halogens is 1. The van der Waals surface area contributed by atoms with Gasteiger partial charge in [0.2, 0.25) is 5.88 Å². The second kappa shape index (κ2) is 7.11. The van der Waals surface area contributed by atoms with Crippen LogP contribution in [0.15, 0.2) is 64.5 Å². The zero-order chi connectivity index (χ0) is 18.0. The van der Waals surface area contributed by atoms with E-state index < -0.39 is 11.9 Å². The summed E-state index contributed by atoms with van der Waals surface area (Å²) >= 11 is 3.41. The minimum atomic E-state index is -0.603. The number of benzene rings is 2. The summed E-state index contributed by atoms with van der Waals surface area (Å²) < 4.78 is 11.2. The molecule has 5 nitrogen and oxygen atoms in total. The molecule has 6 heteroatoms. The third-order valence-electron chi connectivity index (χ3n) is 4.07. The minimum Gasteiger partial charge on any atom is -0.465 e. The fourth-order valence-corrected chi connectivity index (χ4v) is 3.26. The second-order valence-electron chi connectivity index (χ2n) is 5.60. The summed E-state index contributed by atoms with van der Waals surface area (Å²) in [6.07, 6.45) is 0.0853. The first-order valence-electron chi connectivity index (χ1n) is 7.64. The number of Topliss-reactive ketones (excluding diaryl/α,β-unsaturated/α-hetero) is 1. The maximum Gasteiger partial charge on any atom is 0.339 e. The number of fused-ring (bicyclic) bond motifs is 1. The van der Waals surface area contributed by atoms with Gasteiger partial charge in [0.25, 0.3) is 0 Å². The van der Waals surface area contributed by atoms with Crippen molar-refractivity contribution in [3.63, 3.8) is 0 Å². The van der Waals surface area contributed by atoms with Crippen molar-refractivity contribution in [3.05, 3.63) is 75.6 Å². The molecule has 0 radical (unpaired) electrons. The molecule has 2 aromatic rings. The number of carbonyl (C=O) groups is 2. The SMILES string of the molecule is COC(=O)C1=C(N)Oc2ccc(Br)cc2C1CC(=O)c1ccccc1. The van der Waals surface area contributed by atoms with Crippen LogP contribution in [0.1, 0.15) is 28.3 Å². The summed E-state index contributed by atoms with van der Waals surface area (Å²) in [6, 6.07) is 14.3. The van der Waals surface area contributed by atoms with Crippen LogP contribution in [0.2, 0.25) is 0 Å². The first kappa shape index (κ1) is 17.2. The van der Waals surface area contributed by atoms with Crippen molar-refractivity contribution >= 4 is 27.7 Å². The highest BCUT2D eigenvalue weighted by Gasteiger charge is 2.35. The summed E-state index contributed by atoms with van der Waals surface area (Å²) in [5, 5.41) is 0. The summed E-state index contributed by atoms with van der Waals surface area (Å²) in [5.74, 6) is -0.741. The molecule has 128 valence electrons. The van der Waals surface area contributed by atoms with Gasteiger partial charge in [0.15, 0.2) is 5.78 Å². The van der Waals surface area contributed by atoms with E-state index in [2.05, 4.69) is 15.9 Å². The molecule has 1 aliphatic heterocycles. The van der Waals surface area contributed by atoms with Crippen LogP contribution >= 0.6 is 15.9 Å². The lowest BCUT2D eigenvalue weighted by Gasteiger charge is -2.27. The van der Waals surface area contributed by atoms with Crippen molar-refractivity contribution in [2.75, 3.05) is 7.11 Å². The van der Waals surface area contributed by atoms with Gasteiger partial charge in [-0.25, -0.2) is 4.79 Å². The van der Waals surface area contributed by atoms with Crippen molar-refractivity contribution in [2.45, 2.75) is 12.3 Å². The molecule has 0 aliphatic carbocycles. The van der Waals surface area contributed by atoms with Gasteiger partial charge in [-0.3, -0.25) is 4.79 Å². The van der Waals surface area contributed by atoms with Crippen LogP contribution in [0.4, 0.5) is 0 Å². The average Bonchev–Trinajstić information content (AvgIpc) is 2.62. The lowest BCUT2D eigenvalue weighted by atomic mass is 9.83. The predicted molar refractivity (Wildman–Crippen MR) is 96.1 cm³/mol. The number of rotatable bonds is 4. The number of methoxy groups -OCH3 is 1. The van der Waals surface area contributed by atoms with Gasteiger partial charge >= 0.3 is 5.97 Å². The van der Waals surface area contributed by atoms with E-state index in [-0.39, 0.29) is 23.7 Å². The maximum absolute atomic E-state index is 12.7. The number of hydrogen-bond acceptors (Lipinski definition) is 5. The highest BCUT2D eigenvalue weighted by atomic mass is 79.9. The van der Waals surface area contributed by atoms with Crippen LogP contribution in [0.3, 0.4) is 0 Å². The Morgan fingerprint density at radius 3 is 2.60 bits per heavy atom. The highest BCUT2D eigenvalue weighted by Crippen LogP contribution is 2.42. The van der Waals surface area contributed by atoms with Crippen molar-refractivity contribution in [1.82, 2.24) is 0 Å². The normalized spacial score (nSPS) is 16.0. The quantitative estimate of drug-likeness (QED) is 0.625. The minimum absolute atomic E-state index is 0.0347. The number of ether oxygens (including phenoxy) is 2. The molecule has 0 fully saturated rings. The van der Waals surface area contributed by atoms with Crippen molar-refractivity contribution in [1.29, 1.82) is 0 Å². The van der Waals surface area contributed by atoms with E-state index in [0.29, 0.717) is 16.9 Å². The van der Waals surface area contributed by atoms with Gasteiger partial charge < -0.3 is 15.2 Å². The molecular formula is C19H16BrNO4. The van der Waals surface area contributed by atoms with Gasteiger partial charge in [0, 0.05) is 27.9 Å². The van der Waals surface area contributed by atoms with Gasteiger partial charge in [-0.2, -0.15) is 0 Å². The fraction of sp³-hybridized carbons (Fsp3) is 0.158. The second-order valence-corrected chi connectivity index (χ2v) is 6.52. The molecule has 2 aromatic carbocycles. The first-order chi connectivity index (χ1) is 12.0. The molecule has 0 bridgehead atoms. The van der Waals surface area contributed by atoms with Crippen LogP contribution in [-0.4, -0.2) is 18.9 Å². The number of carbonyl (C=O) groups excluding carboxylic acids is 2. The maximum atomic E-state index is 12.7. The van der Waals surface area contributed by atoms with E-state index in [1.165, 1.54) is 7.11 Å². The molecule has 0 saturated carbocycles. The molecule has 0 spiro atoms. The van der Waals surface area contributed by atoms with Crippen LogP contribution in [0, 0.1) is 0 Å². The van der Waals surface area contributed by atoms with E-state index in [4.69, 9.17) is 15.2 Å². The Morgan fingerprint density at radius 1 is 1.20 bits per heavy atom. The summed E-state index contributed by atoms with van der Waals surface area (Å²) in [7, 11) is 1.27. The van der Waals surface area contributed by atoms with Crippen LogP contribution < -0.4 is 10.5 Å². The molecular weight excluding hydrogens is 386 g/mol. The van der Waals surface area contributed by atoms with E-state index in [1.807, 2.05) is 18.2 Å². The van der Waals surface area contributed by atoms with Gasteiger partial charge in [-0.15, -0.1) is 0 Å². The first-order valence-corrected chi connectivity index (χ1v) is 8.44. The fourth-order valence-electron chi connectivity index (χ4n) is 2.88. The molecule has 0 amide bonds. The van der Waals surface area contributed by atoms with E-state index in [9.17, 15) is 9.59 Å². The average molecular weight is 402 g/mol. The lowest BCUT2D eigenvalue weighted by molar-refractivity contribution is -0.136. The van der Waals surface area contributed by atoms with E-state index in [1.54, 1.807) is 30.3 Å². The van der Waals surface area contributed by atoms with Crippen LogP contribution in [0.5, 0.6) is 5.75 Å². The standard InChI is InChI=1S/C19H16BrNO4/c1-24-19(23)17-14(10-15(22)11-5-3-2-4-6-11)13-9-12(20)7-8-16(13)25-18(17)21/h2-9,14H,10,21H2,1H3. The van der Waals surface area contributed by atoms with Gasteiger partial charge in [-0.1, -0.05) is 46.3 Å². The third-order valence-corrected chi connectivity index (χ3v) is 4.56. The number of esters is 1. The molecule has 25 heavy (non-hydrogen) atoms. The van der Waals surface area contributed by atoms with Crippen LogP contribution in [-0.2, 0) is 9.53 Å². The number of ketones is 1. The van der Waals surface area contributed by atoms with Crippen molar-refractivity contribution in [2.24, 2.45) is 5.73 Å². The van der Waals surface area contributed by atoms with Gasteiger partial charge in [-0.05, 0) is 18.2 Å². The summed E-state index contributed by atoms with van der Waals surface area (Å²) in [6.45, 7) is 0. The van der Waals surface area contributed by atoms with Crippen molar-refractivity contribution < 1.29 is 19.1 Å². The molecule has 0 saturated heterocycles. The highest BCUT2D eigenvalue weighted by molar-refractivity contribution is 9.10. The monoisotopic (exact) mass is 401 g/mol. The van der Waals surface area contributed by atoms with Crippen LogP contribution in [0.25, 0.3) is 0 Å². The number of hydrogen-bond donors (Lipinski definition) is 1. The topological polar surface area (TPSA) is 78.6 Å². The van der Waals surface area contributed by atoms with E-state index >= 15 is 0 Å². The van der Waals surface area contributed by atoms with Gasteiger partial charge in [0.05, 0.1) is 7.11 Å². The third kappa shape index (κ3) is 3.44. The Hall–Kier alpha value is -2.60. The van der Waals surface area contributed by atoms with Gasteiger partial charge in [0.1, 0.15) is 11.3 Å². The zero-order valence-electron chi connectivity index (χ0n) is 13.5. The largest absolute Gasteiger partial charge is 0.465 e. The Labute approximate surface area is 153 Å². The Kier molecular flexibility index (Phi) is 4.90. The summed E-state index contributed by atoms with van der Waals surface area (Å²) in [5.41, 5.74) is 7.40. The van der Waals surface area contributed by atoms with E-state index in [0.717, 1.165) is 4.47 Å². The molecule has 0 aromatic heterocycles. The number of nitrogens with two attached hydrogens (primary N) is 1. The molecule has 1 heterocycles. The molecule has 1 aliphatic rings. The molecule has 2 N–H and O–H groups in total. The smallest absolute Gasteiger partial charge is 0.339 e.